The van der Waals surface area contributed by atoms with Crippen molar-refractivity contribution in [3.05, 3.63) is 22.4 Å². The molecule has 0 unspecified atom stereocenters. The molecule has 0 amide bonds. The quantitative estimate of drug-likeness (QED) is 0.801. The maximum absolute atomic E-state index is 11.5. The van der Waals surface area contributed by atoms with Crippen LogP contribution in [0.4, 0.5) is 0 Å². The highest BCUT2D eigenvalue weighted by molar-refractivity contribution is 7.89. The number of aliphatic hydroxyl groups is 1. The summed E-state index contributed by atoms with van der Waals surface area (Å²) in [5, 5.41) is 10.6. The molecule has 0 atom stereocenters. The molecule has 86 valence electrons. The van der Waals surface area contributed by atoms with Crippen molar-refractivity contribution in [1.82, 2.24) is 4.31 Å². The van der Waals surface area contributed by atoms with Crippen LogP contribution in [0.1, 0.15) is 4.88 Å². The summed E-state index contributed by atoms with van der Waals surface area (Å²) < 4.78 is 24.2. The minimum atomic E-state index is -3.28. The minimum absolute atomic E-state index is 0.200. The summed E-state index contributed by atoms with van der Waals surface area (Å²) >= 11 is 1.62. The Labute approximate surface area is 94.2 Å². The average Bonchev–Trinajstić information content (AvgIpc) is 2.66. The monoisotopic (exact) mass is 249 g/mol. The van der Waals surface area contributed by atoms with Crippen LogP contribution < -0.4 is 0 Å². The van der Waals surface area contributed by atoms with Gasteiger partial charge in [0.2, 0.25) is 10.0 Å². The van der Waals surface area contributed by atoms with Gasteiger partial charge in [-0.2, -0.15) is 0 Å². The molecule has 6 heteroatoms. The van der Waals surface area contributed by atoms with Crippen molar-refractivity contribution in [3.63, 3.8) is 0 Å². The first-order chi connectivity index (χ1) is 7.06. The molecule has 0 aliphatic rings. The Morgan fingerprint density at radius 1 is 1.53 bits per heavy atom. The topological polar surface area (TPSA) is 57.6 Å². The molecule has 0 aliphatic heterocycles. The van der Waals surface area contributed by atoms with Crippen LogP contribution in [0, 0.1) is 0 Å². The van der Waals surface area contributed by atoms with Gasteiger partial charge in [0.15, 0.2) is 0 Å². The van der Waals surface area contributed by atoms with Crippen LogP contribution in [0.15, 0.2) is 17.5 Å². The molecule has 4 nitrogen and oxygen atoms in total. The van der Waals surface area contributed by atoms with E-state index >= 15 is 0 Å². The summed E-state index contributed by atoms with van der Waals surface area (Å²) in [5.41, 5.74) is 0. The zero-order valence-electron chi connectivity index (χ0n) is 8.59. The van der Waals surface area contributed by atoms with E-state index in [0.29, 0.717) is 6.54 Å². The van der Waals surface area contributed by atoms with Crippen molar-refractivity contribution in [2.75, 3.05) is 26.0 Å². The summed E-state index contributed by atoms with van der Waals surface area (Å²) in [6, 6.07) is 3.93. The SMILES string of the molecule is CN(CCc1cccs1)S(=O)(=O)CCO. The molecule has 1 heterocycles. The van der Waals surface area contributed by atoms with E-state index in [0.717, 1.165) is 6.42 Å². The van der Waals surface area contributed by atoms with E-state index in [2.05, 4.69) is 0 Å². The molecule has 1 N–H and O–H groups in total. The second-order valence-electron chi connectivity index (χ2n) is 3.19. The van der Waals surface area contributed by atoms with Crippen LogP contribution in [-0.2, 0) is 16.4 Å². The standard InChI is InChI=1S/C9H15NO3S2/c1-10(15(12,13)8-6-11)5-4-9-3-2-7-14-9/h2-3,7,11H,4-6,8H2,1H3. The third-order valence-electron chi connectivity index (χ3n) is 2.08. The molecule has 0 bridgehead atoms. The summed E-state index contributed by atoms with van der Waals surface area (Å²) in [6.45, 7) is 0.133. The number of sulfonamides is 1. The Bertz CT molecular complexity index is 372. The van der Waals surface area contributed by atoms with Gasteiger partial charge in [0, 0.05) is 18.5 Å². The third kappa shape index (κ3) is 3.90. The van der Waals surface area contributed by atoms with Gasteiger partial charge in [-0.1, -0.05) is 6.07 Å². The number of aliphatic hydroxyl groups excluding tert-OH is 1. The number of nitrogens with zero attached hydrogens (tertiary/aromatic N) is 1. The van der Waals surface area contributed by atoms with Crippen molar-refractivity contribution in [2.24, 2.45) is 0 Å². The fourth-order valence-corrected chi connectivity index (χ4v) is 2.74. The fourth-order valence-electron chi connectivity index (χ4n) is 1.13. The number of likely N-dealkylation sites (N-methyl/N-ethyl adjacent to an activating group) is 1. The largest absolute Gasteiger partial charge is 0.395 e. The molecule has 0 aromatic carbocycles. The molecule has 0 radical (unpaired) electrons. The van der Waals surface area contributed by atoms with Crippen molar-refractivity contribution in [3.8, 4) is 0 Å². The number of hydrogen-bond donors (Lipinski definition) is 1. The molecule has 15 heavy (non-hydrogen) atoms. The molecule has 1 aromatic rings. The van der Waals surface area contributed by atoms with Gasteiger partial charge in [-0.3, -0.25) is 0 Å². The molecular formula is C9H15NO3S2. The van der Waals surface area contributed by atoms with Crippen LogP contribution in [0.25, 0.3) is 0 Å². The Kier molecular flexibility index (Phi) is 4.72. The second kappa shape index (κ2) is 5.60. The molecule has 0 fully saturated rings. The van der Waals surface area contributed by atoms with Gasteiger partial charge in [0.05, 0.1) is 12.4 Å². The smallest absolute Gasteiger partial charge is 0.216 e. The van der Waals surface area contributed by atoms with Gasteiger partial charge in [-0.05, 0) is 17.9 Å². The number of thiophene rings is 1. The molecule has 1 aromatic heterocycles. The molecule has 0 spiro atoms. The number of rotatable bonds is 6. The maximum Gasteiger partial charge on any atom is 0.216 e. The predicted octanol–water partition coefficient (Wildman–Crippen LogP) is 0.545. The number of hydrogen-bond acceptors (Lipinski definition) is 4. The van der Waals surface area contributed by atoms with Crippen LogP contribution in [0.2, 0.25) is 0 Å². The van der Waals surface area contributed by atoms with Gasteiger partial charge in [0.1, 0.15) is 0 Å². The Balaban J connectivity index is 2.45. The third-order valence-corrected chi connectivity index (χ3v) is 4.84. The second-order valence-corrected chi connectivity index (χ2v) is 6.42. The summed E-state index contributed by atoms with van der Waals surface area (Å²) in [7, 11) is -1.74. The van der Waals surface area contributed by atoms with E-state index in [-0.39, 0.29) is 12.4 Å². The summed E-state index contributed by atoms with van der Waals surface area (Å²) in [6.07, 6.45) is 0.721. The van der Waals surface area contributed by atoms with Crippen molar-refractivity contribution >= 4 is 21.4 Å². The van der Waals surface area contributed by atoms with E-state index in [1.54, 1.807) is 18.4 Å². The van der Waals surface area contributed by atoms with Gasteiger partial charge in [0.25, 0.3) is 0 Å². The lowest BCUT2D eigenvalue weighted by Gasteiger charge is -2.15. The van der Waals surface area contributed by atoms with Gasteiger partial charge < -0.3 is 5.11 Å². The molecule has 0 saturated heterocycles. The van der Waals surface area contributed by atoms with Gasteiger partial charge >= 0.3 is 0 Å². The fraction of sp³-hybridized carbons (Fsp3) is 0.556. The highest BCUT2D eigenvalue weighted by Gasteiger charge is 2.16. The van der Waals surface area contributed by atoms with E-state index in [1.807, 2.05) is 17.5 Å². The molecule has 1 rings (SSSR count). The lowest BCUT2D eigenvalue weighted by Crippen LogP contribution is -2.32. The van der Waals surface area contributed by atoms with E-state index in [1.165, 1.54) is 9.18 Å². The zero-order chi connectivity index (χ0) is 11.3. The Morgan fingerprint density at radius 2 is 2.27 bits per heavy atom. The summed E-state index contributed by atoms with van der Waals surface area (Å²) in [5.74, 6) is -0.200. The molecule has 0 aliphatic carbocycles. The Hall–Kier alpha value is -0.430. The highest BCUT2D eigenvalue weighted by Crippen LogP contribution is 2.10. The van der Waals surface area contributed by atoms with Crippen LogP contribution >= 0.6 is 11.3 Å². The lowest BCUT2D eigenvalue weighted by atomic mass is 10.3. The van der Waals surface area contributed by atoms with Crippen molar-refractivity contribution < 1.29 is 13.5 Å². The van der Waals surface area contributed by atoms with Crippen LogP contribution in [0.5, 0.6) is 0 Å². The average molecular weight is 249 g/mol. The van der Waals surface area contributed by atoms with Crippen molar-refractivity contribution in [1.29, 1.82) is 0 Å². The predicted molar refractivity (Wildman–Crippen MR) is 61.5 cm³/mol. The highest BCUT2D eigenvalue weighted by atomic mass is 32.2. The van der Waals surface area contributed by atoms with Crippen molar-refractivity contribution in [2.45, 2.75) is 6.42 Å². The zero-order valence-corrected chi connectivity index (χ0v) is 10.2. The Morgan fingerprint density at radius 3 is 2.80 bits per heavy atom. The molecule has 0 saturated carbocycles. The van der Waals surface area contributed by atoms with Crippen LogP contribution in [-0.4, -0.2) is 43.8 Å². The first-order valence-electron chi connectivity index (χ1n) is 4.63. The minimum Gasteiger partial charge on any atom is -0.395 e. The van der Waals surface area contributed by atoms with E-state index in [4.69, 9.17) is 5.11 Å². The first kappa shape index (κ1) is 12.6. The lowest BCUT2D eigenvalue weighted by molar-refractivity contribution is 0.316. The van der Waals surface area contributed by atoms with Crippen LogP contribution in [0.3, 0.4) is 0 Å². The normalized spacial score (nSPS) is 12.2. The van der Waals surface area contributed by atoms with Gasteiger partial charge in [-0.25, -0.2) is 12.7 Å². The first-order valence-corrected chi connectivity index (χ1v) is 7.12. The molecular weight excluding hydrogens is 234 g/mol. The summed E-state index contributed by atoms with van der Waals surface area (Å²) in [4.78, 5) is 1.17. The van der Waals surface area contributed by atoms with Gasteiger partial charge in [-0.15, -0.1) is 11.3 Å². The maximum atomic E-state index is 11.5. The van der Waals surface area contributed by atoms with E-state index < -0.39 is 10.0 Å². The van der Waals surface area contributed by atoms with E-state index in [9.17, 15) is 8.42 Å².